The maximum atomic E-state index is 6.27. The van der Waals surface area contributed by atoms with Gasteiger partial charge in [0.2, 0.25) is 0 Å². The molecule has 5 heteroatoms. The molecule has 3 nitrogen and oxygen atoms in total. The second-order valence-electron chi connectivity index (χ2n) is 4.70. The number of rotatable bonds is 3. The minimum Gasteiger partial charge on any atom is -0.308 e. The maximum Gasteiger partial charge on any atom is 0.0805 e. The monoisotopic (exact) mass is 317 g/mol. The Hall–Kier alpha value is -1.68. The van der Waals surface area contributed by atoms with Gasteiger partial charge in [0, 0.05) is 17.8 Å². The van der Waals surface area contributed by atoms with Crippen molar-refractivity contribution in [2.75, 3.05) is 7.05 Å². The highest BCUT2D eigenvalue weighted by atomic mass is 35.5. The van der Waals surface area contributed by atoms with E-state index < -0.39 is 0 Å². The Morgan fingerprint density at radius 1 is 1.10 bits per heavy atom. The number of nitrogens with zero attached hydrogens (tertiary/aromatic N) is 2. The summed E-state index contributed by atoms with van der Waals surface area (Å²) in [6.07, 6.45) is 3.39. The topological polar surface area (TPSA) is 37.8 Å². The van der Waals surface area contributed by atoms with Crippen LogP contribution in [0.2, 0.25) is 10.0 Å². The van der Waals surface area contributed by atoms with Gasteiger partial charge in [-0.1, -0.05) is 35.3 Å². The number of hydrogen-bond acceptors (Lipinski definition) is 3. The van der Waals surface area contributed by atoms with E-state index in [-0.39, 0.29) is 6.04 Å². The molecule has 0 radical (unpaired) electrons. The first-order valence-corrected chi connectivity index (χ1v) is 7.27. The molecule has 0 aliphatic heterocycles. The zero-order valence-electron chi connectivity index (χ0n) is 11.3. The Morgan fingerprint density at radius 3 is 2.71 bits per heavy atom. The molecule has 0 saturated carbocycles. The Kier molecular flexibility index (Phi) is 4.06. The normalized spacial score (nSPS) is 12.5. The first kappa shape index (κ1) is 14.3. The molecule has 1 N–H and O–H groups in total. The van der Waals surface area contributed by atoms with Crippen LogP contribution in [0.4, 0.5) is 0 Å². The van der Waals surface area contributed by atoms with E-state index in [1.54, 1.807) is 18.5 Å². The fraction of sp³-hybridized carbons (Fsp3) is 0.125. The van der Waals surface area contributed by atoms with E-state index in [4.69, 9.17) is 23.2 Å². The molecular weight excluding hydrogens is 305 g/mol. The Labute approximate surface area is 132 Å². The molecule has 3 aromatic rings. The first-order valence-electron chi connectivity index (χ1n) is 6.52. The van der Waals surface area contributed by atoms with Gasteiger partial charge in [0.15, 0.2) is 0 Å². The van der Waals surface area contributed by atoms with Gasteiger partial charge in [0.1, 0.15) is 0 Å². The van der Waals surface area contributed by atoms with E-state index in [0.29, 0.717) is 10.0 Å². The van der Waals surface area contributed by atoms with Crippen LogP contribution in [0.5, 0.6) is 0 Å². The molecule has 21 heavy (non-hydrogen) atoms. The van der Waals surface area contributed by atoms with Gasteiger partial charge in [-0.05, 0) is 36.9 Å². The minimum atomic E-state index is -0.0978. The van der Waals surface area contributed by atoms with Crippen LogP contribution >= 0.6 is 23.2 Å². The molecule has 0 aliphatic carbocycles. The smallest absolute Gasteiger partial charge is 0.0805 e. The predicted molar refractivity (Wildman–Crippen MR) is 86.9 cm³/mol. The molecule has 106 valence electrons. The molecule has 0 aliphatic rings. The molecule has 1 aromatic carbocycles. The fourth-order valence-corrected chi connectivity index (χ4v) is 2.86. The fourth-order valence-electron chi connectivity index (χ4n) is 2.37. The highest BCUT2D eigenvalue weighted by Crippen LogP contribution is 2.29. The van der Waals surface area contributed by atoms with Gasteiger partial charge in [0.25, 0.3) is 0 Å². The van der Waals surface area contributed by atoms with Crippen LogP contribution in [0.25, 0.3) is 10.9 Å². The summed E-state index contributed by atoms with van der Waals surface area (Å²) in [4.78, 5) is 8.69. The van der Waals surface area contributed by atoms with E-state index in [1.165, 1.54) is 0 Å². The molecule has 1 unspecified atom stereocenters. The summed E-state index contributed by atoms with van der Waals surface area (Å²) in [7, 11) is 1.88. The molecule has 2 heterocycles. The number of benzene rings is 1. The minimum absolute atomic E-state index is 0.0978. The van der Waals surface area contributed by atoms with Gasteiger partial charge in [-0.2, -0.15) is 0 Å². The third kappa shape index (κ3) is 2.86. The summed E-state index contributed by atoms with van der Waals surface area (Å²) in [6.45, 7) is 0. The highest BCUT2D eigenvalue weighted by molar-refractivity contribution is 6.34. The lowest BCUT2D eigenvalue weighted by atomic mass is 10.0. The number of pyridine rings is 2. The van der Waals surface area contributed by atoms with Crippen LogP contribution in [0.15, 0.2) is 48.8 Å². The standard InChI is InChI=1S/C16H13Cl2N3/c1-19-15(16-13(18)8-12(17)9-21-16)11-4-5-14-10(7-11)3-2-6-20-14/h2-9,15,19H,1H3. The Balaban J connectivity index is 2.09. The molecule has 1 atom stereocenters. The van der Waals surface area contributed by atoms with Crippen molar-refractivity contribution < 1.29 is 0 Å². The van der Waals surface area contributed by atoms with Crippen LogP contribution in [0.3, 0.4) is 0 Å². The maximum absolute atomic E-state index is 6.27. The number of aromatic nitrogens is 2. The zero-order chi connectivity index (χ0) is 14.8. The Bertz CT molecular complexity index is 789. The number of halogens is 2. The van der Waals surface area contributed by atoms with Gasteiger partial charge >= 0.3 is 0 Å². The summed E-state index contributed by atoms with van der Waals surface area (Å²) in [6, 6.07) is 11.7. The summed E-state index contributed by atoms with van der Waals surface area (Å²) >= 11 is 12.2. The molecule has 0 amide bonds. The van der Waals surface area contributed by atoms with Crippen molar-refractivity contribution in [1.82, 2.24) is 15.3 Å². The summed E-state index contributed by atoms with van der Waals surface area (Å²) in [5.74, 6) is 0. The van der Waals surface area contributed by atoms with Crippen LogP contribution < -0.4 is 5.32 Å². The zero-order valence-corrected chi connectivity index (χ0v) is 12.9. The second kappa shape index (κ2) is 5.98. The number of fused-ring (bicyclic) bond motifs is 1. The third-order valence-corrected chi connectivity index (χ3v) is 3.87. The van der Waals surface area contributed by atoms with E-state index >= 15 is 0 Å². The van der Waals surface area contributed by atoms with E-state index in [0.717, 1.165) is 22.2 Å². The predicted octanol–water partition coefficient (Wildman–Crippen LogP) is 4.25. The van der Waals surface area contributed by atoms with Crippen LogP contribution in [-0.4, -0.2) is 17.0 Å². The third-order valence-electron chi connectivity index (χ3n) is 3.36. The van der Waals surface area contributed by atoms with E-state index in [2.05, 4.69) is 21.4 Å². The van der Waals surface area contributed by atoms with Crippen molar-refractivity contribution in [1.29, 1.82) is 0 Å². The molecule has 2 aromatic heterocycles. The van der Waals surface area contributed by atoms with Gasteiger partial charge in [-0.15, -0.1) is 0 Å². The number of nitrogens with one attached hydrogen (secondary N) is 1. The molecule has 0 bridgehead atoms. The molecule has 0 saturated heterocycles. The lowest BCUT2D eigenvalue weighted by Crippen LogP contribution is -2.19. The largest absolute Gasteiger partial charge is 0.308 e. The SMILES string of the molecule is CNC(c1ccc2ncccc2c1)c1ncc(Cl)cc1Cl. The average Bonchev–Trinajstić information content (AvgIpc) is 2.50. The molecule has 0 fully saturated rings. The highest BCUT2D eigenvalue weighted by Gasteiger charge is 2.17. The lowest BCUT2D eigenvalue weighted by molar-refractivity contribution is 0.672. The van der Waals surface area contributed by atoms with Gasteiger partial charge in [-0.25, -0.2) is 0 Å². The van der Waals surface area contributed by atoms with Crippen LogP contribution in [-0.2, 0) is 0 Å². The van der Waals surface area contributed by atoms with Crippen LogP contribution in [0.1, 0.15) is 17.3 Å². The van der Waals surface area contributed by atoms with Gasteiger partial charge in [0.05, 0.1) is 27.3 Å². The Morgan fingerprint density at radius 2 is 1.95 bits per heavy atom. The van der Waals surface area contributed by atoms with E-state index in [9.17, 15) is 0 Å². The van der Waals surface area contributed by atoms with Crippen molar-refractivity contribution in [3.05, 3.63) is 70.1 Å². The van der Waals surface area contributed by atoms with Crippen molar-refractivity contribution in [3.8, 4) is 0 Å². The van der Waals surface area contributed by atoms with Crippen molar-refractivity contribution in [3.63, 3.8) is 0 Å². The van der Waals surface area contributed by atoms with Crippen LogP contribution in [0, 0.1) is 0 Å². The first-order chi connectivity index (χ1) is 10.2. The lowest BCUT2D eigenvalue weighted by Gasteiger charge is -2.18. The van der Waals surface area contributed by atoms with Crippen molar-refractivity contribution in [2.24, 2.45) is 0 Å². The average molecular weight is 318 g/mol. The quantitative estimate of drug-likeness (QED) is 0.785. The van der Waals surface area contributed by atoms with Gasteiger partial charge < -0.3 is 5.32 Å². The summed E-state index contributed by atoms with van der Waals surface area (Å²) < 4.78 is 0. The van der Waals surface area contributed by atoms with E-state index in [1.807, 2.05) is 31.3 Å². The van der Waals surface area contributed by atoms with Crippen molar-refractivity contribution >= 4 is 34.1 Å². The second-order valence-corrected chi connectivity index (χ2v) is 5.54. The van der Waals surface area contributed by atoms with Gasteiger partial charge in [-0.3, -0.25) is 9.97 Å². The number of hydrogen-bond donors (Lipinski definition) is 1. The van der Waals surface area contributed by atoms with Crippen molar-refractivity contribution in [2.45, 2.75) is 6.04 Å². The molecule has 0 spiro atoms. The summed E-state index contributed by atoms with van der Waals surface area (Å²) in [5, 5.41) is 5.41. The molecular formula is C16H13Cl2N3. The molecule has 3 rings (SSSR count). The summed E-state index contributed by atoms with van der Waals surface area (Å²) in [5.41, 5.74) is 2.80.